The van der Waals surface area contributed by atoms with Crippen LogP contribution in [0.15, 0.2) is 23.1 Å². The summed E-state index contributed by atoms with van der Waals surface area (Å²) < 4.78 is 38.6. The van der Waals surface area contributed by atoms with E-state index in [0.29, 0.717) is 5.56 Å². The van der Waals surface area contributed by atoms with Gasteiger partial charge in [-0.05, 0) is 31.0 Å². The number of hydrogen-bond donors (Lipinski definition) is 1. The predicted molar refractivity (Wildman–Crippen MR) is 67.8 cm³/mol. The van der Waals surface area contributed by atoms with Crippen LogP contribution in [0, 0.1) is 12.7 Å². The van der Waals surface area contributed by atoms with Crippen molar-refractivity contribution >= 4 is 16.0 Å². The molecule has 1 aromatic carbocycles. The summed E-state index contributed by atoms with van der Waals surface area (Å²) in [6.45, 7) is 3.10. The maximum absolute atomic E-state index is 13.2. The largest absolute Gasteiger partial charge is 0.480 e. The number of hydrogen-bond acceptors (Lipinski definition) is 3. The first kappa shape index (κ1) is 15.6. The van der Waals surface area contributed by atoms with Gasteiger partial charge in [0.25, 0.3) is 0 Å². The van der Waals surface area contributed by atoms with Crippen LogP contribution in [0.4, 0.5) is 4.39 Å². The van der Waals surface area contributed by atoms with Gasteiger partial charge in [-0.3, -0.25) is 4.79 Å². The van der Waals surface area contributed by atoms with Crippen molar-refractivity contribution < 1.29 is 22.7 Å². The minimum atomic E-state index is -4.04. The lowest BCUT2D eigenvalue weighted by atomic mass is 10.2. The third kappa shape index (κ3) is 3.10. The number of halogens is 1. The van der Waals surface area contributed by atoms with E-state index in [1.807, 2.05) is 0 Å². The maximum Gasteiger partial charge on any atom is 0.321 e. The molecule has 19 heavy (non-hydrogen) atoms. The molecular formula is C12H16FNO4S. The van der Waals surface area contributed by atoms with Crippen LogP contribution in [0.5, 0.6) is 0 Å². The van der Waals surface area contributed by atoms with E-state index in [4.69, 9.17) is 5.11 Å². The highest BCUT2D eigenvalue weighted by Gasteiger charge is 2.32. The van der Waals surface area contributed by atoms with Crippen molar-refractivity contribution in [1.29, 1.82) is 0 Å². The highest BCUT2D eigenvalue weighted by atomic mass is 32.2. The first-order valence-corrected chi connectivity index (χ1v) is 7.12. The highest BCUT2D eigenvalue weighted by Crippen LogP contribution is 2.22. The van der Waals surface area contributed by atoms with Gasteiger partial charge in [-0.25, -0.2) is 12.8 Å². The lowest BCUT2D eigenvalue weighted by Gasteiger charge is -2.23. The topological polar surface area (TPSA) is 74.7 Å². The average Bonchev–Trinajstić information content (AvgIpc) is 2.32. The molecule has 0 heterocycles. The van der Waals surface area contributed by atoms with Gasteiger partial charge in [0.2, 0.25) is 10.0 Å². The number of aryl methyl sites for hydroxylation is 1. The van der Waals surface area contributed by atoms with Gasteiger partial charge in [-0.1, -0.05) is 13.0 Å². The molecule has 0 aliphatic heterocycles. The molecule has 1 rings (SSSR count). The zero-order chi connectivity index (χ0) is 14.8. The van der Waals surface area contributed by atoms with Crippen LogP contribution in [0.25, 0.3) is 0 Å². The van der Waals surface area contributed by atoms with Crippen molar-refractivity contribution in [3.05, 3.63) is 29.6 Å². The number of carbonyl (C=O) groups is 1. The molecule has 0 aliphatic rings. The van der Waals surface area contributed by atoms with Crippen molar-refractivity contribution in [2.24, 2.45) is 0 Å². The van der Waals surface area contributed by atoms with Crippen LogP contribution in [0.3, 0.4) is 0 Å². The van der Waals surface area contributed by atoms with Gasteiger partial charge >= 0.3 is 5.97 Å². The summed E-state index contributed by atoms with van der Waals surface area (Å²) in [4.78, 5) is 10.8. The molecule has 1 aromatic rings. The summed E-state index contributed by atoms with van der Waals surface area (Å²) in [5, 5.41) is 9.00. The van der Waals surface area contributed by atoms with Crippen LogP contribution in [-0.2, 0) is 14.8 Å². The van der Waals surface area contributed by atoms with E-state index in [2.05, 4.69) is 0 Å². The van der Waals surface area contributed by atoms with E-state index >= 15 is 0 Å². The highest BCUT2D eigenvalue weighted by molar-refractivity contribution is 7.89. The number of benzene rings is 1. The van der Waals surface area contributed by atoms with Crippen LogP contribution in [-0.4, -0.2) is 36.9 Å². The Hall–Kier alpha value is -1.47. The molecule has 7 heteroatoms. The molecule has 0 amide bonds. The third-order valence-electron chi connectivity index (χ3n) is 2.92. The van der Waals surface area contributed by atoms with Crippen LogP contribution in [0.2, 0.25) is 0 Å². The Morgan fingerprint density at radius 2 is 2.05 bits per heavy atom. The Kier molecular flexibility index (Phi) is 4.65. The molecule has 0 aromatic heterocycles. The fourth-order valence-corrected chi connectivity index (χ4v) is 3.38. The molecule has 5 nitrogen and oxygen atoms in total. The summed E-state index contributed by atoms with van der Waals surface area (Å²) >= 11 is 0. The van der Waals surface area contributed by atoms with Crippen molar-refractivity contribution in [3.8, 4) is 0 Å². The minimum Gasteiger partial charge on any atom is -0.480 e. The molecule has 106 valence electrons. The smallest absolute Gasteiger partial charge is 0.321 e. The molecule has 0 saturated carbocycles. The fraction of sp³-hybridized carbons (Fsp3) is 0.417. The molecule has 0 aliphatic carbocycles. The van der Waals surface area contributed by atoms with Gasteiger partial charge < -0.3 is 5.11 Å². The van der Waals surface area contributed by atoms with Crippen molar-refractivity contribution in [2.45, 2.75) is 31.2 Å². The molecule has 0 saturated heterocycles. The zero-order valence-corrected chi connectivity index (χ0v) is 11.7. The SMILES string of the molecule is CCC(C(=O)O)N(C)S(=O)(=O)c1cc(F)ccc1C. The van der Waals surface area contributed by atoms with Crippen molar-refractivity contribution in [3.63, 3.8) is 0 Å². The second-order valence-electron chi connectivity index (χ2n) is 4.19. The van der Waals surface area contributed by atoms with E-state index in [-0.39, 0.29) is 11.3 Å². The molecule has 1 N–H and O–H groups in total. The first-order chi connectivity index (χ1) is 8.71. The van der Waals surface area contributed by atoms with Gasteiger partial charge in [-0.2, -0.15) is 4.31 Å². The van der Waals surface area contributed by atoms with E-state index in [1.165, 1.54) is 20.0 Å². The quantitative estimate of drug-likeness (QED) is 0.893. The zero-order valence-electron chi connectivity index (χ0n) is 10.9. The third-order valence-corrected chi connectivity index (χ3v) is 4.93. The normalized spacial score (nSPS) is 13.5. The van der Waals surface area contributed by atoms with Gasteiger partial charge in [0.05, 0.1) is 4.90 Å². The molecule has 0 radical (unpaired) electrons. The fourth-order valence-electron chi connectivity index (χ4n) is 1.76. The molecule has 0 bridgehead atoms. The number of rotatable bonds is 5. The Labute approximate surface area is 111 Å². The van der Waals surface area contributed by atoms with Crippen LogP contribution in [0.1, 0.15) is 18.9 Å². The molecule has 1 unspecified atom stereocenters. The maximum atomic E-state index is 13.2. The van der Waals surface area contributed by atoms with Gasteiger partial charge in [0.1, 0.15) is 11.9 Å². The number of carboxylic acid groups (broad SMARTS) is 1. The first-order valence-electron chi connectivity index (χ1n) is 5.68. The average molecular weight is 289 g/mol. The second-order valence-corrected chi connectivity index (χ2v) is 6.16. The Balaban J connectivity index is 3.31. The Morgan fingerprint density at radius 3 is 2.53 bits per heavy atom. The van der Waals surface area contributed by atoms with Gasteiger partial charge in [0, 0.05) is 7.05 Å². The minimum absolute atomic E-state index is 0.124. The monoisotopic (exact) mass is 289 g/mol. The summed E-state index contributed by atoms with van der Waals surface area (Å²) in [5.41, 5.74) is 0.369. The second kappa shape index (κ2) is 5.66. The van der Waals surface area contributed by atoms with E-state index < -0.39 is 27.9 Å². The summed E-state index contributed by atoms with van der Waals surface area (Å²) in [5.74, 6) is -1.91. The summed E-state index contributed by atoms with van der Waals surface area (Å²) in [7, 11) is -2.85. The van der Waals surface area contributed by atoms with Crippen LogP contribution >= 0.6 is 0 Å². The van der Waals surface area contributed by atoms with Crippen molar-refractivity contribution in [1.82, 2.24) is 4.31 Å². The summed E-state index contributed by atoms with van der Waals surface area (Å²) in [6.07, 6.45) is 0.124. The lowest BCUT2D eigenvalue weighted by molar-refractivity contribution is -0.141. The number of nitrogens with zero attached hydrogens (tertiary/aromatic N) is 1. The van der Waals surface area contributed by atoms with Gasteiger partial charge in [0.15, 0.2) is 0 Å². The Morgan fingerprint density at radius 1 is 1.47 bits per heavy atom. The van der Waals surface area contributed by atoms with E-state index in [0.717, 1.165) is 16.4 Å². The van der Waals surface area contributed by atoms with E-state index in [1.54, 1.807) is 6.92 Å². The number of sulfonamides is 1. The number of carboxylic acids is 1. The predicted octanol–water partition coefficient (Wildman–Crippen LogP) is 1.62. The molecule has 0 fully saturated rings. The molecule has 0 spiro atoms. The number of likely N-dealkylation sites (N-methyl/N-ethyl adjacent to an activating group) is 1. The Bertz CT molecular complexity index is 585. The van der Waals surface area contributed by atoms with Crippen LogP contribution < -0.4 is 0 Å². The molecular weight excluding hydrogens is 273 g/mol. The molecule has 1 atom stereocenters. The standard InChI is InChI=1S/C12H16FNO4S/c1-4-10(12(15)16)14(3)19(17,18)11-7-9(13)6-5-8(11)2/h5-7,10H,4H2,1-3H3,(H,15,16). The summed E-state index contributed by atoms with van der Waals surface area (Å²) in [6, 6.07) is 2.23. The van der Waals surface area contributed by atoms with Crippen molar-refractivity contribution in [2.75, 3.05) is 7.05 Å². The lowest BCUT2D eigenvalue weighted by Crippen LogP contribution is -2.42. The van der Waals surface area contributed by atoms with E-state index in [9.17, 15) is 17.6 Å². The number of aliphatic carboxylic acids is 1. The van der Waals surface area contributed by atoms with Gasteiger partial charge in [-0.15, -0.1) is 0 Å².